The van der Waals surface area contributed by atoms with Crippen LogP contribution in [0, 0.1) is 17.8 Å². The largest absolute Gasteiger partial charge is 0.460 e. The highest BCUT2D eigenvalue weighted by Crippen LogP contribution is 2.55. The van der Waals surface area contributed by atoms with E-state index < -0.39 is 21.7 Å². The Balaban J connectivity index is 0.981. The van der Waals surface area contributed by atoms with E-state index in [1.165, 1.54) is 10.6 Å². The van der Waals surface area contributed by atoms with Gasteiger partial charge in [0.25, 0.3) is 0 Å². The summed E-state index contributed by atoms with van der Waals surface area (Å²) in [6.07, 6.45) is 9.83. The fourth-order valence-electron chi connectivity index (χ4n) is 8.12. The maximum Gasteiger partial charge on any atom is 0.431 e. The molecule has 6 aliphatic rings. The number of hydrogen-bond donors (Lipinski definition) is 2. The molecule has 1 aromatic heterocycles. The quantitative estimate of drug-likeness (QED) is 0.511. The van der Waals surface area contributed by atoms with Gasteiger partial charge in [-0.1, -0.05) is 12.1 Å². The first kappa shape index (κ1) is 27.7. The maximum atomic E-state index is 13.1. The van der Waals surface area contributed by atoms with E-state index >= 15 is 0 Å². The number of rotatable bonds is 6. The zero-order valence-corrected chi connectivity index (χ0v) is 24.6. The number of benzene rings is 1. The van der Waals surface area contributed by atoms with Crippen LogP contribution >= 0.6 is 0 Å². The van der Waals surface area contributed by atoms with Crippen LogP contribution in [-0.4, -0.2) is 84.1 Å². The van der Waals surface area contributed by atoms with Gasteiger partial charge in [0.15, 0.2) is 0 Å². The molecule has 4 aliphatic carbocycles. The first-order valence-electron chi connectivity index (χ1n) is 14.9. The molecule has 2 aliphatic heterocycles. The molecule has 12 nitrogen and oxygen atoms in total. The molecule has 8 rings (SSSR count). The summed E-state index contributed by atoms with van der Waals surface area (Å²) in [5, 5.41) is 15.7. The Morgan fingerprint density at radius 2 is 1.67 bits per heavy atom. The average molecular weight is 599 g/mol. The van der Waals surface area contributed by atoms with Gasteiger partial charge in [-0.3, -0.25) is 0 Å². The lowest BCUT2D eigenvalue weighted by atomic mass is 9.52. The molecule has 2 aromatic rings. The van der Waals surface area contributed by atoms with Crippen molar-refractivity contribution in [1.82, 2.24) is 19.6 Å². The van der Waals surface area contributed by atoms with Crippen molar-refractivity contribution in [3.8, 4) is 6.01 Å². The molecule has 0 radical (unpaired) electrons. The zero-order chi connectivity index (χ0) is 29.1. The van der Waals surface area contributed by atoms with Gasteiger partial charge in [0.2, 0.25) is 10.0 Å². The minimum absolute atomic E-state index is 0.0518. The van der Waals surface area contributed by atoms with E-state index in [0.717, 1.165) is 49.2 Å². The van der Waals surface area contributed by atoms with Gasteiger partial charge in [-0.05, 0) is 74.8 Å². The highest BCUT2D eigenvalue weighted by atomic mass is 32.2. The number of fused-ring (bicyclic) bond motifs is 1. The summed E-state index contributed by atoms with van der Waals surface area (Å²) in [5.74, 6) is 1.20. The third kappa shape index (κ3) is 5.37. The van der Waals surface area contributed by atoms with Crippen LogP contribution in [0.2, 0.25) is 0 Å². The lowest BCUT2D eigenvalue weighted by Gasteiger charge is -2.57. The summed E-state index contributed by atoms with van der Waals surface area (Å²) < 4.78 is 30.9. The first-order valence-corrected chi connectivity index (χ1v) is 16.8. The molecular weight excluding hydrogens is 560 g/mol. The number of nitrogens with zero attached hydrogens (tertiary/aromatic N) is 5. The maximum absolute atomic E-state index is 13.1. The number of sulfonamides is 1. The molecule has 1 aromatic carbocycles. The summed E-state index contributed by atoms with van der Waals surface area (Å²) in [6.45, 7) is 1.87. The van der Waals surface area contributed by atoms with Gasteiger partial charge < -0.3 is 24.9 Å². The molecule has 5 atom stereocenters. The summed E-state index contributed by atoms with van der Waals surface area (Å²) >= 11 is 0. The summed E-state index contributed by atoms with van der Waals surface area (Å²) in [4.78, 5) is 29.9. The topological polar surface area (TPSA) is 137 Å². The SMILES string of the molecule is CS(=O)(=O)N1CCC(Oc2ncc(N3CCN(OC(=O)NC4[C@@H]5CC6C[C@H]4CC(O)(C6)C5)c4ccccc43)cn2)CC1. The van der Waals surface area contributed by atoms with Crippen LogP contribution in [0.25, 0.3) is 0 Å². The first-order chi connectivity index (χ1) is 20.1. The number of hydrogen-bond acceptors (Lipinski definition) is 10. The molecule has 3 heterocycles. The lowest BCUT2D eigenvalue weighted by molar-refractivity contribution is -0.137. The van der Waals surface area contributed by atoms with E-state index in [1.54, 1.807) is 17.5 Å². The van der Waals surface area contributed by atoms with E-state index in [0.29, 0.717) is 56.8 Å². The van der Waals surface area contributed by atoms with Crippen LogP contribution < -0.4 is 20.0 Å². The molecule has 1 amide bonds. The monoisotopic (exact) mass is 598 g/mol. The van der Waals surface area contributed by atoms with Crippen molar-refractivity contribution in [1.29, 1.82) is 0 Å². The summed E-state index contributed by atoms with van der Waals surface area (Å²) in [7, 11) is -3.19. The van der Waals surface area contributed by atoms with Crippen molar-refractivity contribution in [3.63, 3.8) is 0 Å². The van der Waals surface area contributed by atoms with E-state index in [1.807, 2.05) is 24.3 Å². The van der Waals surface area contributed by atoms with Crippen molar-refractivity contribution >= 4 is 33.2 Å². The second-order valence-corrected chi connectivity index (χ2v) is 14.7. The highest BCUT2D eigenvalue weighted by Gasteiger charge is 2.55. The number of nitrogens with one attached hydrogen (secondary N) is 1. The molecule has 4 saturated carbocycles. The van der Waals surface area contributed by atoms with Crippen LogP contribution in [0.5, 0.6) is 6.01 Å². The Kier molecular flexibility index (Phi) is 6.93. The molecule has 4 bridgehead atoms. The fraction of sp³-hybridized carbons (Fsp3) is 0.621. The van der Waals surface area contributed by atoms with Gasteiger partial charge >= 0.3 is 12.1 Å². The number of ether oxygens (including phenoxy) is 1. The van der Waals surface area contributed by atoms with Crippen LogP contribution in [-0.2, 0) is 14.9 Å². The minimum Gasteiger partial charge on any atom is -0.460 e. The van der Waals surface area contributed by atoms with Gasteiger partial charge in [0, 0.05) is 25.7 Å². The molecule has 226 valence electrons. The Bertz CT molecular complexity index is 1420. The molecule has 42 heavy (non-hydrogen) atoms. The van der Waals surface area contributed by atoms with Crippen LogP contribution in [0.3, 0.4) is 0 Å². The molecule has 3 unspecified atom stereocenters. The van der Waals surface area contributed by atoms with Gasteiger partial charge in [0.05, 0.1) is 47.9 Å². The van der Waals surface area contributed by atoms with Crippen molar-refractivity contribution in [2.45, 2.75) is 62.7 Å². The normalized spacial score (nSPS) is 31.1. The van der Waals surface area contributed by atoms with Crippen molar-refractivity contribution < 1.29 is 27.9 Å². The number of anilines is 3. The molecule has 5 fully saturated rings. The number of carbonyl (C=O) groups is 1. The predicted octanol–water partition coefficient (Wildman–Crippen LogP) is 2.82. The minimum atomic E-state index is -3.19. The fourth-order valence-corrected chi connectivity index (χ4v) is 8.99. The van der Waals surface area contributed by atoms with Crippen LogP contribution in [0.15, 0.2) is 36.7 Å². The molecular formula is C29H38N6O6S. The van der Waals surface area contributed by atoms with E-state index in [4.69, 9.17) is 9.57 Å². The average Bonchev–Trinajstić information content (AvgIpc) is 2.95. The number of para-hydroxylation sites is 2. The second kappa shape index (κ2) is 10.5. The Morgan fingerprint density at radius 3 is 2.31 bits per heavy atom. The molecule has 0 spiro atoms. The van der Waals surface area contributed by atoms with Crippen molar-refractivity contribution in [2.24, 2.45) is 17.8 Å². The van der Waals surface area contributed by atoms with E-state index in [2.05, 4.69) is 20.2 Å². The number of hydroxylamine groups is 1. The van der Waals surface area contributed by atoms with Gasteiger partial charge in [0.1, 0.15) is 6.10 Å². The standard InChI is InChI=1S/C29H38N6O6S/c1-42(38,39)33-8-6-23(7-9-33)40-27-30-17-22(18-31-27)34-10-11-35(25-5-3-2-4-24(25)34)41-28(36)32-26-20-12-19-13-21(26)16-29(37,14-19)15-20/h2-5,17-21,23,26,37H,6-16H2,1H3,(H,32,36)/t19?,20-,21+,26?,29?. The Morgan fingerprint density at radius 1 is 1.00 bits per heavy atom. The van der Waals surface area contributed by atoms with Crippen LogP contribution in [0.1, 0.15) is 44.9 Å². The number of carbonyl (C=O) groups excluding carboxylic acids is 1. The van der Waals surface area contributed by atoms with Gasteiger partial charge in [-0.25, -0.2) is 32.5 Å². The molecule has 13 heteroatoms. The highest BCUT2D eigenvalue weighted by molar-refractivity contribution is 7.88. The predicted molar refractivity (Wildman–Crippen MR) is 155 cm³/mol. The lowest BCUT2D eigenvalue weighted by Crippen LogP contribution is -2.62. The third-order valence-electron chi connectivity index (χ3n) is 9.75. The Hall–Kier alpha value is -3.16. The van der Waals surface area contributed by atoms with E-state index in [-0.39, 0.29) is 18.2 Å². The zero-order valence-electron chi connectivity index (χ0n) is 23.8. The van der Waals surface area contributed by atoms with Crippen molar-refractivity contribution in [2.75, 3.05) is 42.4 Å². The summed E-state index contributed by atoms with van der Waals surface area (Å²) in [6, 6.07) is 8.07. The van der Waals surface area contributed by atoms with Crippen molar-refractivity contribution in [3.05, 3.63) is 36.7 Å². The molecule has 2 N–H and O–H groups in total. The van der Waals surface area contributed by atoms with Gasteiger partial charge in [-0.2, -0.15) is 0 Å². The van der Waals surface area contributed by atoms with Crippen LogP contribution in [0.4, 0.5) is 21.9 Å². The second-order valence-electron chi connectivity index (χ2n) is 12.7. The Labute approximate surface area is 246 Å². The summed E-state index contributed by atoms with van der Waals surface area (Å²) in [5.41, 5.74) is 1.90. The smallest absolute Gasteiger partial charge is 0.431 e. The number of aromatic nitrogens is 2. The third-order valence-corrected chi connectivity index (χ3v) is 11.1. The molecule has 1 saturated heterocycles. The van der Waals surface area contributed by atoms with Gasteiger partial charge in [-0.15, -0.1) is 0 Å². The number of amides is 1. The number of piperidine rings is 1. The number of aliphatic hydroxyl groups is 1. The van der Waals surface area contributed by atoms with E-state index in [9.17, 15) is 18.3 Å².